The molecule has 1 aliphatic heterocycles. The molecule has 2 rings (SSSR count). The highest BCUT2D eigenvalue weighted by molar-refractivity contribution is 7.98. The van der Waals surface area contributed by atoms with Crippen LogP contribution in [-0.2, 0) is 4.79 Å². The quantitative estimate of drug-likeness (QED) is 0.839. The minimum atomic E-state index is -0.415. The summed E-state index contributed by atoms with van der Waals surface area (Å²) >= 11 is 1.60. The van der Waals surface area contributed by atoms with Crippen LogP contribution in [0.15, 0.2) is 23.1 Å². The van der Waals surface area contributed by atoms with Gasteiger partial charge in [-0.05, 0) is 50.1 Å². The molecule has 0 aliphatic carbocycles. The Labute approximate surface area is 123 Å². The minimum Gasteiger partial charge on any atom is -0.354 e. The van der Waals surface area contributed by atoms with Crippen LogP contribution < -0.4 is 10.6 Å². The molecule has 1 aromatic carbocycles. The minimum absolute atomic E-state index is 0.0745. The van der Waals surface area contributed by atoms with E-state index in [0.29, 0.717) is 18.5 Å². The van der Waals surface area contributed by atoms with Gasteiger partial charge in [-0.15, -0.1) is 11.8 Å². The molecule has 2 amide bonds. The number of aryl methyl sites for hydroxylation is 1. The lowest BCUT2D eigenvalue weighted by atomic mass is 10.1. The molecule has 0 saturated carbocycles. The van der Waals surface area contributed by atoms with Gasteiger partial charge in [-0.2, -0.15) is 0 Å². The Bertz CT molecular complexity index is 517. The lowest BCUT2D eigenvalue weighted by Crippen LogP contribution is -2.45. The summed E-state index contributed by atoms with van der Waals surface area (Å²) < 4.78 is 0. The predicted octanol–water partition coefficient (Wildman–Crippen LogP) is 2.12. The number of carbonyl (C=O) groups excluding carboxylic acids is 2. The molecule has 1 aromatic rings. The molecule has 2 N–H and O–H groups in total. The summed E-state index contributed by atoms with van der Waals surface area (Å²) in [7, 11) is 0. The summed E-state index contributed by atoms with van der Waals surface area (Å²) in [5.41, 5.74) is 1.57. The van der Waals surface area contributed by atoms with E-state index >= 15 is 0 Å². The van der Waals surface area contributed by atoms with Crippen molar-refractivity contribution in [2.75, 3.05) is 12.8 Å². The number of benzene rings is 1. The first kappa shape index (κ1) is 14.9. The van der Waals surface area contributed by atoms with Gasteiger partial charge in [-0.25, -0.2) is 0 Å². The summed E-state index contributed by atoms with van der Waals surface area (Å²) in [5, 5.41) is 5.69. The lowest BCUT2D eigenvalue weighted by Gasteiger charge is -2.16. The first-order chi connectivity index (χ1) is 9.61. The van der Waals surface area contributed by atoms with E-state index in [4.69, 9.17) is 0 Å². The van der Waals surface area contributed by atoms with E-state index in [1.165, 1.54) is 0 Å². The van der Waals surface area contributed by atoms with Crippen molar-refractivity contribution in [1.82, 2.24) is 10.6 Å². The summed E-state index contributed by atoms with van der Waals surface area (Å²) in [4.78, 5) is 25.3. The van der Waals surface area contributed by atoms with E-state index in [1.807, 2.05) is 31.4 Å². The average Bonchev–Trinajstić information content (AvgIpc) is 2.64. The number of carbonyl (C=O) groups is 2. The lowest BCUT2D eigenvalue weighted by molar-refractivity contribution is -0.122. The van der Waals surface area contributed by atoms with Crippen molar-refractivity contribution >= 4 is 23.6 Å². The van der Waals surface area contributed by atoms with Gasteiger partial charge >= 0.3 is 0 Å². The van der Waals surface area contributed by atoms with E-state index in [2.05, 4.69) is 10.6 Å². The highest BCUT2D eigenvalue weighted by Crippen LogP contribution is 2.19. The van der Waals surface area contributed by atoms with E-state index in [1.54, 1.807) is 11.8 Å². The van der Waals surface area contributed by atoms with Gasteiger partial charge in [0.25, 0.3) is 5.91 Å². The highest BCUT2D eigenvalue weighted by Gasteiger charge is 2.23. The fraction of sp³-hybridized carbons (Fsp3) is 0.467. The maximum Gasteiger partial charge on any atom is 0.252 e. The van der Waals surface area contributed by atoms with Gasteiger partial charge in [0.2, 0.25) is 5.91 Å². The molecule has 0 radical (unpaired) electrons. The van der Waals surface area contributed by atoms with E-state index in [0.717, 1.165) is 23.3 Å². The summed E-state index contributed by atoms with van der Waals surface area (Å²) in [6.07, 6.45) is 4.61. The molecule has 0 bridgehead atoms. The van der Waals surface area contributed by atoms with Crippen molar-refractivity contribution in [2.45, 2.75) is 37.1 Å². The standard InChI is InChI=1S/C15H20N2O2S/c1-10-6-7-11(20-2)9-12(10)14(18)17-13-5-3-4-8-16-15(13)19/h6-7,9,13H,3-5,8H2,1-2H3,(H,16,19)(H,17,18). The van der Waals surface area contributed by atoms with Gasteiger partial charge in [-0.1, -0.05) is 6.07 Å². The highest BCUT2D eigenvalue weighted by atomic mass is 32.2. The third-order valence-corrected chi connectivity index (χ3v) is 4.26. The normalized spacial score (nSPS) is 19.1. The largest absolute Gasteiger partial charge is 0.354 e. The second-order valence-corrected chi connectivity index (χ2v) is 5.87. The van der Waals surface area contributed by atoms with Gasteiger partial charge in [0.05, 0.1) is 0 Å². The second-order valence-electron chi connectivity index (χ2n) is 4.99. The zero-order valence-corrected chi connectivity index (χ0v) is 12.7. The molecule has 0 spiro atoms. The SMILES string of the molecule is CSc1ccc(C)c(C(=O)NC2CCCCNC2=O)c1. The van der Waals surface area contributed by atoms with Gasteiger partial charge < -0.3 is 10.6 Å². The smallest absolute Gasteiger partial charge is 0.252 e. The monoisotopic (exact) mass is 292 g/mol. The fourth-order valence-electron chi connectivity index (χ4n) is 2.29. The molecule has 4 nitrogen and oxygen atoms in total. The Morgan fingerprint density at radius 3 is 2.95 bits per heavy atom. The van der Waals surface area contributed by atoms with Crippen molar-refractivity contribution in [3.8, 4) is 0 Å². The summed E-state index contributed by atoms with van der Waals surface area (Å²) in [6.45, 7) is 2.61. The average molecular weight is 292 g/mol. The Balaban J connectivity index is 2.12. The molecular weight excluding hydrogens is 272 g/mol. The number of nitrogens with one attached hydrogen (secondary N) is 2. The first-order valence-electron chi connectivity index (χ1n) is 6.85. The molecule has 1 saturated heterocycles. The molecule has 5 heteroatoms. The van der Waals surface area contributed by atoms with Gasteiger partial charge in [0.1, 0.15) is 6.04 Å². The van der Waals surface area contributed by atoms with Crippen LogP contribution in [0.2, 0.25) is 0 Å². The van der Waals surface area contributed by atoms with Crippen LogP contribution in [-0.4, -0.2) is 30.7 Å². The Kier molecular flexibility index (Phi) is 5.06. The second kappa shape index (κ2) is 6.79. The van der Waals surface area contributed by atoms with Crippen LogP contribution in [0.5, 0.6) is 0 Å². The Morgan fingerprint density at radius 2 is 2.20 bits per heavy atom. The van der Waals surface area contributed by atoms with Crippen molar-refractivity contribution in [1.29, 1.82) is 0 Å². The van der Waals surface area contributed by atoms with E-state index in [9.17, 15) is 9.59 Å². The molecular formula is C15H20N2O2S. The van der Waals surface area contributed by atoms with Gasteiger partial charge in [-0.3, -0.25) is 9.59 Å². The van der Waals surface area contributed by atoms with E-state index in [-0.39, 0.29) is 11.8 Å². The molecule has 1 heterocycles. The van der Waals surface area contributed by atoms with Gasteiger partial charge in [0, 0.05) is 17.0 Å². The number of hydrogen-bond donors (Lipinski definition) is 2. The molecule has 1 unspecified atom stereocenters. The molecule has 20 heavy (non-hydrogen) atoms. The molecule has 1 aliphatic rings. The Morgan fingerprint density at radius 1 is 1.40 bits per heavy atom. The van der Waals surface area contributed by atoms with Crippen LogP contribution in [0, 0.1) is 6.92 Å². The fourth-order valence-corrected chi connectivity index (χ4v) is 2.73. The summed E-state index contributed by atoms with van der Waals surface area (Å²) in [5.74, 6) is -0.241. The first-order valence-corrected chi connectivity index (χ1v) is 8.07. The van der Waals surface area contributed by atoms with Crippen molar-refractivity contribution in [2.24, 2.45) is 0 Å². The Hall–Kier alpha value is -1.49. The number of thioether (sulfide) groups is 1. The van der Waals surface area contributed by atoms with Crippen LogP contribution in [0.1, 0.15) is 35.2 Å². The predicted molar refractivity (Wildman–Crippen MR) is 81.1 cm³/mol. The molecule has 1 atom stereocenters. The number of amides is 2. The van der Waals surface area contributed by atoms with E-state index < -0.39 is 6.04 Å². The zero-order chi connectivity index (χ0) is 14.5. The third-order valence-electron chi connectivity index (χ3n) is 3.53. The maximum absolute atomic E-state index is 12.4. The zero-order valence-electron chi connectivity index (χ0n) is 11.9. The number of hydrogen-bond acceptors (Lipinski definition) is 3. The van der Waals surface area contributed by atoms with Crippen LogP contribution in [0.25, 0.3) is 0 Å². The van der Waals surface area contributed by atoms with Crippen molar-refractivity contribution in [3.05, 3.63) is 29.3 Å². The molecule has 1 fully saturated rings. The van der Waals surface area contributed by atoms with Crippen LogP contribution >= 0.6 is 11.8 Å². The molecule has 108 valence electrons. The maximum atomic E-state index is 12.4. The number of rotatable bonds is 3. The van der Waals surface area contributed by atoms with Crippen molar-refractivity contribution in [3.63, 3.8) is 0 Å². The third kappa shape index (κ3) is 3.54. The van der Waals surface area contributed by atoms with Crippen molar-refractivity contribution < 1.29 is 9.59 Å². The topological polar surface area (TPSA) is 58.2 Å². The summed E-state index contributed by atoms with van der Waals surface area (Å²) in [6, 6.07) is 5.40. The molecule has 0 aromatic heterocycles. The van der Waals surface area contributed by atoms with Crippen LogP contribution in [0.4, 0.5) is 0 Å². The van der Waals surface area contributed by atoms with Gasteiger partial charge in [0.15, 0.2) is 0 Å². The van der Waals surface area contributed by atoms with Crippen LogP contribution in [0.3, 0.4) is 0 Å².